The van der Waals surface area contributed by atoms with Crippen LogP contribution in [0.25, 0.3) is 0 Å². The molecule has 0 radical (unpaired) electrons. The number of aliphatic hydroxyl groups excluding tert-OH is 1. The highest BCUT2D eigenvalue weighted by Gasteiger charge is 2.21. The van der Waals surface area contributed by atoms with E-state index in [0.29, 0.717) is 0 Å². The monoisotopic (exact) mass is 176 g/mol. The number of halogens is 3. The van der Waals surface area contributed by atoms with Crippen LogP contribution in [0.2, 0.25) is 0 Å². The maximum Gasteiger partial charge on any atom is 0.268 e. The Hall–Kier alpha value is -1.03. The molecule has 0 aliphatic carbocycles. The van der Waals surface area contributed by atoms with Crippen molar-refractivity contribution in [3.63, 3.8) is 0 Å². The Kier molecular flexibility index (Phi) is 2.70. The number of aliphatic hydroxyl groups is 1. The summed E-state index contributed by atoms with van der Waals surface area (Å²) in [6.07, 6.45) is -4.99. The highest BCUT2D eigenvalue weighted by atomic mass is 19.3. The van der Waals surface area contributed by atoms with Gasteiger partial charge in [-0.1, -0.05) is 18.2 Å². The Morgan fingerprint density at radius 3 is 2.25 bits per heavy atom. The lowest BCUT2D eigenvalue weighted by Crippen LogP contribution is -2.09. The molecule has 0 aliphatic rings. The quantitative estimate of drug-likeness (QED) is 0.731. The first-order chi connectivity index (χ1) is 5.63. The van der Waals surface area contributed by atoms with Crippen molar-refractivity contribution < 1.29 is 18.3 Å². The van der Waals surface area contributed by atoms with E-state index < -0.39 is 18.3 Å². The zero-order chi connectivity index (χ0) is 9.14. The van der Waals surface area contributed by atoms with E-state index in [2.05, 4.69) is 0 Å². The smallest absolute Gasteiger partial charge is 0.268 e. The zero-order valence-corrected chi connectivity index (χ0v) is 6.05. The molecule has 4 heteroatoms. The lowest BCUT2D eigenvalue weighted by Gasteiger charge is -2.09. The van der Waals surface area contributed by atoms with Crippen molar-refractivity contribution in [3.05, 3.63) is 35.6 Å². The summed E-state index contributed by atoms with van der Waals surface area (Å²) >= 11 is 0. The van der Waals surface area contributed by atoms with Gasteiger partial charge in [0.1, 0.15) is 11.9 Å². The molecule has 0 aromatic heterocycles. The van der Waals surface area contributed by atoms with Crippen molar-refractivity contribution in [3.8, 4) is 0 Å². The second-order valence-electron chi connectivity index (χ2n) is 2.30. The summed E-state index contributed by atoms with van der Waals surface area (Å²) in [6.45, 7) is 0. The van der Waals surface area contributed by atoms with Crippen molar-refractivity contribution in [2.45, 2.75) is 12.5 Å². The standard InChI is InChI=1S/C8H7F3O/c9-6-4-2-1-3-5(6)7(12)8(10)11/h1-4,7-8,12H/t7-/m1/s1. The van der Waals surface area contributed by atoms with Crippen molar-refractivity contribution in [2.75, 3.05) is 0 Å². The molecule has 12 heavy (non-hydrogen) atoms. The fraction of sp³-hybridized carbons (Fsp3) is 0.250. The van der Waals surface area contributed by atoms with E-state index >= 15 is 0 Å². The fourth-order valence-corrected chi connectivity index (χ4v) is 0.851. The van der Waals surface area contributed by atoms with Gasteiger partial charge in [0, 0.05) is 5.56 Å². The van der Waals surface area contributed by atoms with Gasteiger partial charge in [0.25, 0.3) is 6.43 Å². The summed E-state index contributed by atoms with van der Waals surface area (Å²) in [5, 5.41) is 8.79. The first kappa shape index (κ1) is 9.06. The number of benzene rings is 1. The van der Waals surface area contributed by atoms with Gasteiger partial charge in [-0.15, -0.1) is 0 Å². The molecule has 0 saturated heterocycles. The van der Waals surface area contributed by atoms with Crippen molar-refractivity contribution >= 4 is 0 Å². The van der Waals surface area contributed by atoms with E-state index in [9.17, 15) is 13.2 Å². The molecule has 1 nitrogen and oxygen atoms in total. The molecule has 1 aromatic carbocycles. The lowest BCUT2D eigenvalue weighted by atomic mass is 10.1. The third-order valence-corrected chi connectivity index (χ3v) is 1.46. The van der Waals surface area contributed by atoms with Crippen molar-refractivity contribution in [1.82, 2.24) is 0 Å². The molecule has 1 rings (SSSR count). The van der Waals surface area contributed by atoms with Gasteiger partial charge in [0.05, 0.1) is 0 Å². The van der Waals surface area contributed by atoms with E-state index in [4.69, 9.17) is 5.11 Å². The predicted molar refractivity (Wildman–Crippen MR) is 37.4 cm³/mol. The van der Waals surface area contributed by atoms with Crippen LogP contribution in [0.15, 0.2) is 24.3 Å². The van der Waals surface area contributed by atoms with Gasteiger partial charge < -0.3 is 5.11 Å². The van der Waals surface area contributed by atoms with Crippen molar-refractivity contribution in [1.29, 1.82) is 0 Å². The van der Waals surface area contributed by atoms with Gasteiger partial charge in [-0.2, -0.15) is 0 Å². The Morgan fingerprint density at radius 1 is 1.17 bits per heavy atom. The normalized spacial score (nSPS) is 13.4. The van der Waals surface area contributed by atoms with E-state index in [1.54, 1.807) is 0 Å². The molecule has 0 unspecified atom stereocenters. The topological polar surface area (TPSA) is 20.2 Å². The number of hydrogen-bond acceptors (Lipinski definition) is 1. The average Bonchev–Trinajstić information content (AvgIpc) is 2.04. The van der Waals surface area contributed by atoms with Crippen LogP contribution in [-0.2, 0) is 0 Å². The molecule has 1 atom stereocenters. The molecule has 0 fully saturated rings. The molecule has 0 spiro atoms. The molecule has 0 heterocycles. The van der Waals surface area contributed by atoms with Gasteiger partial charge in [-0.25, -0.2) is 13.2 Å². The summed E-state index contributed by atoms with van der Waals surface area (Å²) in [7, 11) is 0. The maximum absolute atomic E-state index is 12.7. The Balaban J connectivity index is 2.94. The SMILES string of the molecule is O[C@H](c1ccccc1F)C(F)F. The third kappa shape index (κ3) is 1.76. The average molecular weight is 176 g/mol. The Bertz CT molecular complexity index is 262. The van der Waals surface area contributed by atoms with Gasteiger partial charge in [0.2, 0.25) is 0 Å². The van der Waals surface area contributed by atoms with E-state index in [-0.39, 0.29) is 5.56 Å². The van der Waals surface area contributed by atoms with Crippen LogP contribution in [0.1, 0.15) is 11.7 Å². The molecule has 0 amide bonds. The summed E-state index contributed by atoms with van der Waals surface area (Å²) in [5.74, 6) is -0.815. The van der Waals surface area contributed by atoms with Crippen LogP contribution < -0.4 is 0 Å². The molecule has 0 aliphatic heterocycles. The minimum absolute atomic E-state index is 0.368. The molecule has 0 bridgehead atoms. The predicted octanol–water partition coefficient (Wildman–Crippen LogP) is 2.12. The molecule has 1 aromatic rings. The van der Waals surface area contributed by atoms with Gasteiger partial charge in [-0.05, 0) is 6.07 Å². The minimum Gasteiger partial charge on any atom is -0.382 e. The third-order valence-electron chi connectivity index (χ3n) is 1.46. The summed E-state index contributed by atoms with van der Waals surface area (Å²) in [6, 6.07) is 4.92. The van der Waals surface area contributed by atoms with Crippen LogP contribution >= 0.6 is 0 Å². The Labute approximate surface area is 67.5 Å². The van der Waals surface area contributed by atoms with Crippen LogP contribution in [0, 0.1) is 5.82 Å². The van der Waals surface area contributed by atoms with Crippen LogP contribution in [0.5, 0.6) is 0 Å². The number of hydrogen-bond donors (Lipinski definition) is 1. The van der Waals surface area contributed by atoms with E-state index in [0.717, 1.165) is 12.1 Å². The largest absolute Gasteiger partial charge is 0.382 e. The lowest BCUT2D eigenvalue weighted by molar-refractivity contribution is -0.00771. The van der Waals surface area contributed by atoms with Gasteiger partial charge in [-0.3, -0.25) is 0 Å². The molecular weight excluding hydrogens is 169 g/mol. The number of rotatable bonds is 2. The fourth-order valence-electron chi connectivity index (χ4n) is 0.851. The minimum atomic E-state index is -2.96. The second-order valence-corrected chi connectivity index (χ2v) is 2.30. The molecular formula is C8H7F3O. The highest BCUT2D eigenvalue weighted by molar-refractivity contribution is 5.20. The maximum atomic E-state index is 12.7. The molecule has 66 valence electrons. The molecule has 1 N–H and O–H groups in total. The summed E-state index contributed by atoms with van der Waals surface area (Å²) in [4.78, 5) is 0. The highest BCUT2D eigenvalue weighted by Crippen LogP contribution is 2.22. The van der Waals surface area contributed by atoms with Crippen LogP contribution in [-0.4, -0.2) is 11.5 Å². The molecule has 0 saturated carbocycles. The first-order valence-corrected chi connectivity index (χ1v) is 3.33. The Morgan fingerprint density at radius 2 is 1.75 bits per heavy atom. The summed E-state index contributed by atoms with van der Waals surface area (Å²) < 4.78 is 36.5. The van der Waals surface area contributed by atoms with E-state index in [1.807, 2.05) is 0 Å². The second kappa shape index (κ2) is 3.58. The summed E-state index contributed by atoms with van der Waals surface area (Å²) in [5.41, 5.74) is -0.368. The van der Waals surface area contributed by atoms with Crippen LogP contribution in [0.4, 0.5) is 13.2 Å². The van der Waals surface area contributed by atoms with Gasteiger partial charge in [0.15, 0.2) is 0 Å². The van der Waals surface area contributed by atoms with Crippen LogP contribution in [0.3, 0.4) is 0 Å². The van der Waals surface area contributed by atoms with Gasteiger partial charge >= 0.3 is 0 Å². The van der Waals surface area contributed by atoms with Crippen molar-refractivity contribution in [2.24, 2.45) is 0 Å². The first-order valence-electron chi connectivity index (χ1n) is 3.33. The number of alkyl halides is 2. The zero-order valence-electron chi connectivity index (χ0n) is 6.05. The van der Waals surface area contributed by atoms with E-state index in [1.165, 1.54) is 12.1 Å².